The zero-order valence-corrected chi connectivity index (χ0v) is 12.7. The van der Waals surface area contributed by atoms with Crippen LogP contribution in [0.5, 0.6) is 0 Å². The molecule has 1 unspecified atom stereocenters. The summed E-state index contributed by atoms with van der Waals surface area (Å²) in [6, 6.07) is 0.895. The summed E-state index contributed by atoms with van der Waals surface area (Å²) in [5, 5.41) is 0. The average Bonchev–Trinajstić information content (AvgIpc) is 3.02. The molecule has 1 atom stereocenters. The minimum atomic E-state index is -4.46. The van der Waals surface area contributed by atoms with Gasteiger partial charge in [0.2, 0.25) is 5.95 Å². The fourth-order valence-corrected chi connectivity index (χ4v) is 3.48. The SMILES string of the molecule is FC(F)(F)c1ccnc(N2CCC3(CCN3c3cncnc3)C2)n1. The largest absolute Gasteiger partial charge is 0.433 e. The summed E-state index contributed by atoms with van der Waals surface area (Å²) in [6.07, 6.45) is 3.54. The van der Waals surface area contributed by atoms with E-state index in [1.165, 1.54) is 12.5 Å². The second-order valence-corrected chi connectivity index (χ2v) is 6.13. The summed E-state index contributed by atoms with van der Waals surface area (Å²) >= 11 is 0. The van der Waals surface area contributed by atoms with E-state index in [1.807, 2.05) is 4.90 Å². The van der Waals surface area contributed by atoms with Gasteiger partial charge >= 0.3 is 6.18 Å². The average molecular weight is 336 g/mol. The normalized spacial score (nSPS) is 23.6. The number of anilines is 2. The Balaban J connectivity index is 1.55. The molecule has 24 heavy (non-hydrogen) atoms. The van der Waals surface area contributed by atoms with Crippen LogP contribution >= 0.6 is 0 Å². The standard InChI is InChI=1S/C15H15F3N6/c16-15(17,18)12-1-4-21-13(22-12)23-5-2-14(9-23)3-6-24(14)11-7-19-10-20-8-11/h1,4,7-8,10H,2-3,5-6,9H2. The third-order valence-corrected chi connectivity index (χ3v) is 4.78. The molecule has 2 aliphatic heterocycles. The molecule has 0 saturated carbocycles. The van der Waals surface area contributed by atoms with E-state index in [1.54, 1.807) is 12.4 Å². The Kier molecular flexibility index (Phi) is 3.33. The van der Waals surface area contributed by atoms with E-state index in [0.717, 1.165) is 31.1 Å². The van der Waals surface area contributed by atoms with Crippen LogP contribution in [-0.2, 0) is 6.18 Å². The van der Waals surface area contributed by atoms with Crippen LogP contribution in [0, 0.1) is 0 Å². The van der Waals surface area contributed by atoms with Crippen LogP contribution in [-0.4, -0.2) is 45.1 Å². The van der Waals surface area contributed by atoms with Gasteiger partial charge in [0.05, 0.1) is 23.6 Å². The van der Waals surface area contributed by atoms with E-state index < -0.39 is 11.9 Å². The number of hydrogen-bond donors (Lipinski definition) is 0. The molecule has 0 bridgehead atoms. The lowest BCUT2D eigenvalue weighted by atomic mass is 9.83. The first-order valence-electron chi connectivity index (χ1n) is 7.66. The topological polar surface area (TPSA) is 58.0 Å². The van der Waals surface area contributed by atoms with Crippen LogP contribution in [0.15, 0.2) is 31.0 Å². The molecular weight excluding hydrogens is 321 g/mol. The van der Waals surface area contributed by atoms with Crippen molar-refractivity contribution in [2.24, 2.45) is 0 Å². The molecule has 2 fully saturated rings. The van der Waals surface area contributed by atoms with Crippen molar-refractivity contribution >= 4 is 11.6 Å². The molecule has 9 heteroatoms. The van der Waals surface area contributed by atoms with Gasteiger partial charge in [-0.3, -0.25) is 0 Å². The Bertz CT molecular complexity index is 737. The lowest BCUT2D eigenvalue weighted by Gasteiger charge is -2.51. The Morgan fingerprint density at radius 2 is 1.83 bits per heavy atom. The van der Waals surface area contributed by atoms with Gasteiger partial charge in [-0.15, -0.1) is 0 Å². The maximum atomic E-state index is 12.8. The highest BCUT2D eigenvalue weighted by atomic mass is 19.4. The molecule has 0 radical (unpaired) electrons. The van der Waals surface area contributed by atoms with Crippen molar-refractivity contribution in [3.63, 3.8) is 0 Å². The fraction of sp³-hybridized carbons (Fsp3) is 0.467. The lowest BCUT2D eigenvalue weighted by Crippen LogP contribution is -2.61. The van der Waals surface area contributed by atoms with E-state index >= 15 is 0 Å². The Labute approximate surface area is 136 Å². The molecule has 6 nitrogen and oxygen atoms in total. The molecule has 2 saturated heterocycles. The molecule has 2 aromatic heterocycles. The molecule has 2 aliphatic rings. The van der Waals surface area contributed by atoms with Gasteiger partial charge in [0.15, 0.2) is 0 Å². The van der Waals surface area contributed by atoms with Crippen LogP contribution in [0.25, 0.3) is 0 Å². The number of halogens is 3. The second kappa shape index (κ2) is 5.29. The van der Waals surface area contributed by atoms with Gasteiger partial charge in [-0.25, -0.2) is 19.9 Å². The van der Waals surface area contributed by atoms with E-state index in [9.17, 15) is 13.2 Å². The van der Waals surface area contributed by atoms with E-state index in [2.05, 4.69) is 24.8 Å². The second-order valence-electron chi connectivity index (χ2n) is 6.13. The predicted molar refractivity (Wildman–Crippen MR) is 80.6 cm³/mol. The molecule has 0 N–H and O–H groups in total. The summed E-state index contributed by atoms with van der Waals surface area (Å²) in [6.45, 7) is 2.12. The first-order valence-corrected chi connectivity index (χ1v) is 7.66. The monoisotopic (exact) mass is 336 g/mol. The summed E-state index contributed by atoms with van der Waals surface area (Å²) in [4.78, 5) is 19.9. The quantitative estimate of drug-likeness (QED) is 0.837. The summed E-state index contributed by atoms with van der Waals surface area (Å²) in [5.41, 5.74) is -0.0617. The maximum absolute atomic E-state index is 12.8. The van der Waals surface area contributed by atoms with Gasteiger partial charge < -0.3 is 9.80 Å². The first kappa shape index (κ1) is 15.1. The van der Waals surface area contributed by atoms with Gasteiger partial charge in [-0.1, -0.05) is 0 Å². The molecule has 1 spiro atoms. The van der Waals surface area contributed by atoms with Crippen molar-refractivity contribution in [3.8, 4) is 0 Å². The van der Waals surface area contributed by atoms with E-state index in [0.29, 0.717) is 13.1 Å². The van der Waals surface area contributed by atoms with Crippen LogP contribution < -0.4 is 9.80 Å². The van der Waals surface area contributed by atoms with Crippen molar-refractivity contribution in [3.05, 3.63) is 36.7 Å². The van der Waals surface area contributed by atoms with Gasteiger partial charge in [0.1, 0.15) is 12.0 Å². The highest BCUT2D eigenvalue weighted by Crippen LogP contribution is 2.42. The van der Waals surface area contributed by atoms with Gasteiger partial charge in [0, 0.05) is 25.8 Å². The summed E-state index contributed by atoms with van der Waals surface area (Å²) < 4.78 is 38.5. The van der Waals surface area contributed by atoms with Crippen molar-refractivity contribution in [1.29, 1.82) is 0 Å². The number of hydrogen-bond acceptors (Lipinski definition) is 6. The first-order chi connectivity index (χ1) is 11.5. The zero-order valence-electron chi connectivity index (χ0n) is 12.7. The van der Waals surface area contributed by atoms with Gasteiger partial charge in [0.25, 0.3) is 0 Å². The Morgan fingerprint density at radius 3 is 2.50 bits per heavy atom. The minimum absolute atomic E-state index is 0.0949. The van der Waals surface area contributed by atoms with Crippen LogP contribution in [0.3, 0.4) is 0 Å². The van der Waals surface area contributed by atoms with Gasteiger partial charge in [-0.05, 0) is 18.9 Å². The van der Waals surface area contributed by atoms with Crippen LogP contribution in [0.1, 0.15) is 18.5 Å². The smallest absolute Gasteiger partial charge is 0.361 e. The minimum Gasteiger partial charge on any atom is -0.361 e. The summed E-state index contributed by atoms with van der Waals surface area (Å²) in [5.74, 6) is 0.137. The zero-order chi connectivity index (χ0) is 16.8. The number of alkyl halides is 3. The summed E-state index contributed by atoms with van der Waals surface area (Å²) in [7, 11) is 0. The van der Waals surface area contributed by atoms with Crippen molar-refractivity contribution in [1.82, 2.24) is 19.9 Å². The highest BCUT2D eigenvalue weighted by molar-refractivity contribution is 5.52. The predicted octanol–water partition coefficient (Wildman–Crippen LogP) is 2.14. The molecule has 0 aliphatic carbocycles. The van der Waals surface area contributed by atoms with E-state index in [-0.39, 0.29) is 11.5 Å². The molecular formula is C15H15F3N6. The fourth-order valence-electron chi connectivity index (χ4n) is 3.48. The van der Waals surface area contributed by atoms with E-state index in [4.69, 9.17) is 0 Å². The Hall–Kier alpha value is -2.45. The molecule has 0 amide bonds. The Morgan fingerprint density at radius 1 is 1.08 bits per heavy atom. The molecule has 0 aromatic carbocycles. The molecule has 2 aromatic rings. The third-order valence-electron chi connectivity index (χ3n) is 4.78. The van der Waals surface area contributed by atoms with Gasteiger partial charge in [-0.2, -0.15) is 13.2 Å². The van der Waals surface area contributed by atoms with Crippen molar-refractivity contribution < 1.29 is 13.2 Å². The number of rotatable bonds is 2. The number of nitrogens with zero attached hydrogens (tertiary/aromatic N) is 6. The molecule has 126 valence electrons. The number of aromatic nitrogens is 4. The maximum Gasteiger partial charge on any atom is 0.433 e. The molecule has 4 heterocycles. The molecule has 4 rings (SSSR count). The van der Waals surface area contributed by atoms with Crippen molar-refractivity contribution in [2.75, 3.05) is 29.4 Å². The van der Waals surface area contributed by atoms with Crippen LogP contribution in [0.2, 0.25) is 0 Å². The van der Waals surface area contributed by atoms with Crippen LogP contribution in [0.4, 0.5) is 24.8 Å². The highest BCUT2D eigenvalue weighted by Gasteiger charge is 2.50. The lowest BCUT2D eigenvalue weighted by molar-refractivity contribution is -0.141. The third kappa shape index (κ3) is 2.44. The van der Waals surface area contributed by atoms with Crippen molar-refractivity contribution in [2.45, 2.75) is 24.6 Å².